The van der Waals surface area contributed by atoms with Crippen molar-refractivity contribution in [2.24, 2.45) is 5.92 Å². The predicted octanol–water partition coefficient (Wildman–Crippen LogP) is 2.08. The predicted molar refractivity (Wildman–Crippen MR) is 52.2 cm³/mol. The van der Waals surface area contributed by atoms with Gasteiger partial charge in [-0.1, -0.05) is 19.8 Å². The molecule has 0 spiro atoms. The van der Waals surface area contributed by atoms with E-state index < -0.39 is 10.8 Å². The van der Waals surface area contributed by atoms with Crippen molar-refractivity contribution < 1.29 is 4.21 Å². The van der Waals surface area contributed by atoms with Gasteiger partial charge in [0.1, 0.15) is 0 Å². The minimum absolute atomic E-state index is 0.0625. The molecule has 0 aliphatic rings. The Bertz CT molecular complexity index is 174. The number of nitrogens with zero attached hydrogens (tertiary/aromatic N) is 1. The lowest BCUT2D eigenvalue weighted by molar-refractivity contribution is 0.669. The Labute approximate surface area is 77.4 Å². The van der Waals surface area contributed by atoms with Gasteiger partial charge >= 0.3 is 0 Å². The Morgan fingerprint density at radius 1 is 1.50 bits per heavy atom. The molecule has 0 N–H and O–H groups in total. The van der Waals surface area contributed by atoms with Gasteiger partial charge in [-0.15, -0.1) is 0 Å². The third-order valence-electron chi connectivity index (χ3n) is 1.63. The van der Waals surface area contributed by atoms with E-state index >= 15 is 0 Å². The first-order valence-corrected chi connectivity index (χ1v) is 5.94. The molecule has 0 heterocycles. The third kappa shape index (κ3) is 6.36. The van der Waals surface area contributed by atoms with E-state index in [1.165, 1.54) is 0 Å². The summed E-state index contributed by atoms with van der Waals surface area (Å²) in [5.74, 6) is 1.24. The standard InChI is InChI=1S/C9H17NOS/c1-3-4-5-6-12(11)8-9(2)7-10/h9H,3-6,8H2,1-2H3. The van der Waals surface area contributed by atoms with E-state index in [1.807, 2.05) is 6.92 Å². The van der Waals surface area contributed by atoms with Gasteiger partial charge in [-0.25, -0.2) is 0 Å². The van der Waals surface area contributed by atoms with Crippen LogP contribution in [0.3, 0.4) is 0 Å². The molecular weight excluding hydrogens is 170 g/mol. The number of unbranched alkanes of at least 4 members (excludes halogenated alkanes) is 2. The zero-order chi connectivity index (χ0) is 9.40. The second-order valence-corrected chi connectivity index (χ2v) is 4.67. The van der Waals surface area contributed by atoms with Gasteiger partial charge in [0.25, 0.3) is 0 Å². The maximum Gasteiger partial charge on any atom is 0.0662 e. The summed E-state index contributed by atoms with van der Waals surface area (Å²) in [6, 6.07) is 2.09. The smallest absolute Gasteiger partial charge is 0.0662 e. The fourth-order valence-electron chi connectivity index (χ4n) is 0.912. The molecule has 0 rings (SSSR count). The molecule has 0 saturated heterocycles. The minimum atomic E-state index is -0.774. The van der Waals surface area contributed by atoms with Crippen LogP contribution in [0.1, 0.15) is 33.1 Å². The summed E-state index contributed by atoms with van der Waals surface area (Å²) in [4.78, 5) is 0. The average molecular weight is 187 g/mol. The van der Waals surface area contributed by atoms with Gasteiger partial charge in [-0.3, -0.25) is 4.21 Å². The van der Waals surface area contributed by atoms with Crippen molar-refractivity contribution in [3.63, 3.8) is 0 Å². The molecule has 0 fully saturated rings. The van der Waals surface area contributed by atoms with E-state index in [9.17, 15) is 4.21 Å². The molecule has 2 atom stereocenters. The maximum atomic E-state index is 11.2. The van der Waals surface area contributed by atoms with Crippen LogP contribution in [0.5, 0.6) is 0 Å². The molecule has 0 radical (unpaired) electrons. The normalized spacial score (nSPS) is 15.1. The van der Waals surface area contributed by atoms with Crippen molar-refractivity contribution >= 4 is 10.8 Å². The molecule has 12 heavy (non-hydrogen) atoms. The van der Waals surface area contributed by atoms with Gasteiger partial charge in [0.15, 0.2) is 0 Å². The van der Waals surface area contributed by atoms with E-state index in [1.54, 1.807) is 0 Å². The van der Waals surface area contributed by atoms with Gasteiger partial charge in [0.05, 0.1) is 12.0 Å². The van der Waals surface area contributed by atoms with Crippen LogP contribution in [0, 0.1) is 17.2 Å². The zero-order valence-corrected chi connectivity index (χ0v) is 8.69. The highest BCUT2D eigenvalue weighted by atomic mass is 32.2. The number of hydrogen-bond acceptors (Lipinski definition) is 2. The molecule has 0 bridgehead atoms. The highest BCUT2D eigenvalue weighted by molar-refractivity contribution is 7.84. The lowest BCUT2D eigenvalue weighted by Gasteiger charge is -2.01. The van der Waals surface area contributed by atoms with E-state index in [0.717, 1.165) is 25.0 Å². The van der Waals surface area contributed by atoms with Crippen LogP contribution >= 0.6 is 0 Å². The van der Waals surface area contributed by atoms with Gasteiger partial charge in [0.2, 0.25) is 0 Å². The van der Waals surface area contributed by atoms with Crippen molar-refractivity contribution in [1.29, 1.82) is 5.26 Å². The molecule has 0 aliphatic carbocycles. The molecule has 2 unspecified atom stereocenters. The van der Waals surface area contributed by atoms with Crippen molar-refractivity contribution in [3.05, 3.63) is 0 Å². The van der Waals surface area contributed by atoms with Crippen molar-refractivity contribution in [2.75, 3.05) is 11.5 Å². The first-order valence-electron chi connectivity index (χ1n) is 4.45. The molecule has 0 aromatic heterocycles. The van der Waals surface area contributed by atoms with Crippen LogP contribution in [0.25, 0.3) is 0 Å². The summed E-state index contributed by atoms with van der Waals surface area (Å²) < 4.78 is 11.2. The molecule has 0 aliphatic heterocycles. The van der Waals surface area contributed by atoms with E-state index in [0.29, 0.717) is 5.75 Å². The quantitative estimate of drug-likeness (QED) is 0.597. The Balaban J connectivity index is 3.41. The van der Waals surface area contributed by atoms with E-state index in [-0.39, 0.29) is 5.92 Å². The number of hydrogen-bond donors (Lipinski definition) is 0. The molecule has 70 valence electrons. The molecule has 0 aromatic carbocycles. The summed E-state index contributed by atoms with van der Waals surface area (Å²) in [5, 5.41) is 8.47. The Hall–Kier alpha value is -0.360. The third-order valence-corrected chi connectivity index (χ3v) is 3.25. The van der Waals surface area contributed by atoms with Crippen molar-refractivity contribution in [2.45, 2.75) is 33.1 Å². The largest absolute Gasteiger partial charge is 0.260 e. The second-order valence-electron chi connectivity index (χ2n) is 3.05. The Morgan fingerprint density at radius 2 is 2.17 bits per heavy atom. The first-order chi connectivity index (χ1) is 5.70. The molecule has 0 saturated carbocycles. The van der Waals surface area contributed by atoms with Crippen molar-refractivity contribution in [3.8, 4) is 6.07 Å². The van der Waals surface area contributed by atoms with Crippen LogP contribution in [-0.4, -0.2) is 15.7 Å². The second kappa shape index (κ2) is 7.30. The highest BCUT2D eigenvalue weighted by Crippen LogP contribution is 2.01. The fourth-order valence-corrected chi connectivity index (χ4v) is 2.24. The van der Waals surface area contributed by atoms with E-state index in [4.69, 9.17) is 5.26 Å². The average Bonchev–Trinajstić information content (AvgIpc) is 2.05. The summed E-state index contributed by atoms with van der Waals surface area (Å²) in [7, 11) is -0.774. The lowest BCUT2D eigenvalue weighted by atomic mass is 10.3. The maximum absolute atomic E-state index is 11.2. The van der Waals surface area contributed by atoms with E-state index in [2.05, 4.69) is 13.0 Å². The monoisotopic (exact) mass is 187 g/mol. The summed E-state index contributed by atoms with van der Waals surface area (Å²) in [6.45, 7) is 3.94. The van der Waals surface area contributed by atoms with Gasteiger partial charge in [0, 0.05) is 22.3 Å². The van der Waals surface area contributed by atoms with Crippen LogP contribution in [-0.2, 0) is 10.8 Å². The zero-order valence-electron chi connectivity index (χ0n) is 7.88. The minimum Gasteiger partial charge on any atom is -0.260 e. The lowest BCUT2D eigenvalue weighted by Crippen LogP contribution is -2.08. The van der Waals surface area contributed by atoms with Crippen LogP contribution < -0.4 is 0 Å². The summed E-state index contributed by atoms with van der Waals surface area (Å²) in [5.41, 5.74) is 0. The van der Waals surface area contributed by atoms with Crippen LogP contribution in [0.2, 0.25) is 0 Å². The molecule has 3 heteroatoms. The highest BCUT2D eigenvalue weighted by Gasteiger charge is 2.05. The molecule has 0 aromatic rings. The number of rotatable bonds is 6. The Kier molecular flexibility index (Phi) is 7.08. The van der Waals surface area contributed by atoms with Gasteiger partial charge < -0.3 is 0 Å². The fraction of sp³-hybridized carbons (Fsp3) is 0.889. The van der Waals surface area contributed by atoms with Crippen LogP contribution in [0.15, 0.2) is 0 Å². The van der Waals surface area contributed by atoms with Crippen molar-refractivity contribution in [1.82, 2.24) is 0 Å². The van der Waals surface area contributed by atoms with Gasteiger partial charge in [-0.2, -0.15) is 5.26 Å². The number of nitriles is 1. The Morgan fingerprint density at radius 3 is 2.67 bits per heavy atom. The summed E-state index contributed by atoms with van der Waals surface area (Å²) >= 11 is 0. The first kappa shape index (κ1) is 11.6. The van der Waals surface area contributed by atoms with Gasteiger partial charge in [-0.05, 0) is 13.3 Å². The molecule has 0 amide bonds. The molecular formula is C9H17NOS. The molecule has 2 nitrogen and oxygen atoms in total. The topological polar surface area (TPSA) is 40.9 Å². The SMILES string of the molecule is CCCCCS(=O)CC(C)C#N. The summed E-state index contributed by atoms with van der Waals surface area (Å²) in [6.07, 6.45) is 3.33. The van der Waals surface area contributed by atoms with Crippen LogP contribution in [0.4, 0.5) is 0 Å².